The van der Waals surface area contributed by atoms with Gasteiger partial charge < -0.3 is 5.21 Å². The first kappa shape index (κ1) is 18.0. The van der Waals surface area contributed by atoms with E-state index in [4.69, 9.17) is 4.84 Å². The SMILES string of the molecule is CCC1(CC)C/C(=N\O)CC(C)(C)N1OC(C)c1ccccc1. The van der Waals surface area contributed by atoms with Crippen molar-refractivity contribution in [3.63, 3.8) is 0 Å². The normalized spacial score (nSPS) is 23.8. The maximum atomic E-state index is 9.32. The molecule has 1 heterocycles. The van der Waals surface area contributed by atoms with Crippen molar-refractivity contribution in [1.29, 1.82) is 0 Å². The minimum atomic E-state index is -0.213. The fourth-order valence-corrected chi connectivity index (χ4v) is 3.78. The Morgan fingerprint density at radius 3 is 2.30 bits per heavy atom. The molecule has 1 atom stereocenters. The minimum Gasteiger partial charge on any atom is -0.411 e. The van der Waals surface area contributed by atoms with E-state index < -0.39 is 0 Å². The number of benzene rings is 1. The number of rotatable bonds is 5. The summed E-state index contributed by atoms with van der Waals surface area (Å²) in [6.45, 7) is 10.8. The van der Waals surface area contributed by atoms with Gasteiger partial charge in [-0.2, -0.15) is 5.06 Å². The third-order valence-corrected chi connectivity index (χ3v) is 5.14. The van der Waals surface area contributed by atoms with Crippen LogP contribution in [0.2, 0.25) is 0 Å². The number of hydrogen-bond acceptors (Lipinski definition) is 4. The lowest BCUT2D eigenvalue weighted by Gasteiger charge is -2.54. The predicted octanol–water partition coefficient (Wildman–Crippen LogP) is 4.94. The zero-order valence-electron chi connectivity index (χ0n) is 15.0. The van der Waals surface area contributed by atoms with Crippen LogP contribution in [0.5, 0.6) is 0 Å². The average Bonchev–Trinajstić information content (AvgIpc) is 2.57. The van der Waals surface area contributed by atoms with E-state index in [-0.39, 0.29) is 17.2 Å². The molecule has 0 amide bonds. The van der Waals surface area contributed by atoms with Gasteiger partial charge in [0.05, 0.1) is 11.3 Å². The fraction of sp³-hybridized carbons (Fsp3) is 0.632. The zero-order chi connectivity index (χ0) is 17.1. The maximum Gasteiger partial charge on any atom is 0.102 e. The Bertz CT molecular complexity index is 536. The van der Waals surface area contributed by atoms with E-state index in [0.29, 0.717) is 6.42 Å². The van der Waals surface area contributed by atoms with Crippen LogP contribution >= 0.6 is 0 Å². The molecular formula is C19H30N2O2. The smallest absolute Gasteiger partial charge is 0.102 e. The van der Waals surface area contributed by atoms with Gasteiger partial charge in [0, 0.05) is 18.4 Å². The summed E-state index contributed by atoms with van der Waals surface area (Å²) in [5.41, 5.74) is 1.69. The summed E-state index contributed by atoms with van der Waals surface area (Å²) in [5, 5.41) is 15.0. The highest BCUT2D eigenvalue weighted by Crippen LogP contribution is 2.43. The van der Waals surface area contributed by atoms with Crippen molar-refractivity contribution in [3.8, 4) is 0 Å². The van der Waals surface area contributed by atoms with Crippen LogP contribution in [0.15, 0.2) is 35.5 Å². The average molecular weight is 318 g/mol. The highest BCUT2D eigenvalue weighted by Gasteiger charge is 2.49. The molecule has 0 radical (unpaired) electrons. The Kier molecular flexibility index (Phi) is 5.48. The molecule has 1 saturated heterocycles. The highest BCUT2D eigenvalue weighted by atomic mass is 16.7. The summed E-state index contributed by atoms with van der Waals surface area (Å²) in [5.74, 6) is 0. The van der Waals surface area contributed by atoms with Crippen molar-refractivity contribution in [2.75, 3.05) is 0 Å². The Hall–Kier alpha value is -1.39. The zero-order valence-corrected chi connectivity index (χ0v) is 15.0. The summed E-state index contributed by atoms with van der Waals surface area (Å²) in [6.07, 6.45) is 3.36. The van der Waals surface area contributed by atoms with Gasteiger partial charge in [-0.05, 0) is 39.2 Å². The van der Waals surface area contributed by atoms with Crippen LogP contribution in [-0.2, 0) is 4.84 Å². The number of hydroxylamine groups is 2. The van der Waals surface area contributed by atoms with Gasteiger partial charge in [0.15, 0.2) is 0 Å². The van der Waals surface area contributed by atoms with E-state index in [0.717, 1.165) is 25.0 Å². The molecule has 1 aliphatic rings. The van der Waals surface area contributed by atoms with Crippen LogP contribution in [-0.4, -0.2) is 27.1 Å². The number of oxime groups is 1. The summed E-state index contributed by atoms with van der Waals surface area (Å²) in [6, 6.07) is 10.3. The molecule has 1 aromatic rings. The van der Waals surface area contributed by atoms with Crippen molar-refractivity contribution >= 4 is 5.71 Å². The highest BCUT2D eigenvalue weighted by molar-refractivity contribution is 5.87. The molecule has 1 N–H and O–H groups in total. The van der Waals surface area contributed by atoms with Crippen molar-refractivity contribution in [2.45, 2.75) is 77.5 Å². The summed E-state index contributed by atoms with van der Waals surface area (Å²) >= 11 is 0. The molecule has 1 fully saturated rings. The molecule has 1 unspecified atom stereocenters. The van der Waals surface area contributed by atoms with E-state index in [1.165, 1.54) is 5.56 Å². The molecular weight excluding hydrogens is 288 g/mol. The van der Waals surface area contributed by atoms with Crippen molar-refractivity contribution in [2.24, 2.45) is 5.16 Å². The number of nitrogens with zero attached hydrogens (tertiary/aromatic N) is 2. The van der Waals surface area contributed by atoms with Crippen LogP contribution in [0, 0.1) is 0 Å². The lowest BCUT2D eigenvalue weighted by atomic mass is 9.76. The number of hydrogen-bond donors (Lipinski definition) is 1. The predicted molar refractivity (Wildman–Crippen MR) is 93.6 cm³/mol. The lowest BCUT2D eigenvalue weighted by Crippen LogP contribution is -2.63. The van der Waals surface area contributed by atoms with Gasteiger partial charge in [-0.1, -0.05) is 49.3 Å². The van der Waals surface area contributed by atoms with Gasteiger partial charge in [0.1, 0.15) is 6.10 Å². The molecule has 4 heteroatoms. The van der Waals surface area contributed by atoms with Gasteiger partial charge in [-0.15, -0.1) is 0 Å². The van der Waals surface area contributed by atoms with E-state index >= 15 is 0 Å². The molecule has 1 aromatic carbocycles. The first-order valence-corrected chi connectivity index (χ1v) is 8.60. The Morgan fingerprint density at radius 2 is 1.78 bits per heavy atom. The molecule has 0 aromatic heterocycles. The van der Waals surface area contributed by atoms with Crippen molar-refractivity contribution in [3.05, 3.63) is 35.9 Å². The molecule has 128 valence electrons. The molecule has 23 heavy (non-hydrogen) atoms. The lowest BCUT2D eigenvalue weighted by molar-refractivity contribution is -0.302. The Labute approximate surface area is 140 Å². The second-order valence-corrected chi connectivity index (χ2v) is 7.22. The van der Waals surface area contributed by atoms with E-state index in [1.807, 2.05) is 18.2 Å². The third-order valence-electron chi connectivity index (χ3n) is 5.14. The van der Waals surface area contributed by atoms with E-state index in [9.17, 15) is 5.21 Å². The minimum absolute atomic E-state index is 0.0134. The van der Waals surface area contributed by atoms with Crippen LogP contribution in [0.3, 0.4) is 0 Å². The standard InChI is InChI=1S/C19H30N2O2/c1-6-19(7-2)14-17(20-22)13-18(4,5)21(19)23-15(3)16-11-9-8-10-12-16/h8-12,15,22H,6-7,13-14H2,1-5H3/b20-17-. The van der Waals surface area contributed by atoms with Crippen LogP contribution in [0.1, 0.15) is 72.0 Å². The van der Waals surface area contributed by atoms with Crippen molar-refractivity contribution in [1.82, 2.24) is 5.06 Å². The molecule has 0 aliphatic carbocycles. The summed E-state index contributed by atoms with van der Waals surface area (Å²) in [7, 11) is 0. The molecule has 1 aliphatic heterocycles. The summed E-state index contributed by atoms with van der Waals surface area (Å²) in [4.78, 5) is 6.48. The van der Waals surface area contributed by atoms with Gasteiger partial charge in [0.25, 0.3) is 0 Å². The largest absolute Gasteiger partial charge is 0.411 e. The third kappa shape index (κ3) is 3.59. The van der Waals surface area contributed by atoms with Gasteiger partial charge in [-0.25, -0.2) is 0 Å². The number of piperidine rings is 1. The molecule has 2 rings (SSSR count). The van der Waals surface area contributed by atoms with E-state index in [1.54, 1.807) is 0 Å². The first-order chi connectivity index (χ1) is 10.9. The first-order valence-electron chi connectivity index (χ1n) is 8.60. The molecule has 0 spiro atoms. The fourth-order valence-electron chi connectivity index (χ4n) is 3.78. The maximum absolute atomic E-state index is 9.32. The topological polar surface area (TPSA) is 45.1 Å². The van der Waals surface area contributed by atoms with Gasteiger partial charge in [0.2, 0.25) is 0 Å². The van der Waals surface area contributed by atoms with Crippen LogP contribution < -0.4 is 0 Å². The Morgan fingerprint density at radius 1 is 1.17 bits per heavy atom. The molecule has 0 saturated carbocycles. The quantitative estimate of drug-likeness (QED) is 0.617. The van der Waals surface area contributed by atoms with Crippen LogP contribution in [0.4, 0.5) is 0 Å². The molecule has 0 bridgehead atoms. The monoisotopic (exact) mass is 318 g/mol. The van der Waals surface area contributed by atoms with Crippen LogP contribution in [0.25, 0.3) is 0 Å². The molecule has 4 nitrogen and oxygen atoms in total. The van der Waals surface area contributed by atoms with Gasteiger partial charge in [-0.3, -0.25) is 4.84 Å². The van der Waals surface area contributed by atoms with Gasteiger partial charge >= 0.3 is 0 Å². The summed E-state index contributed by atoms with van der Waals surface area (Å²) < 4.78 is 0. The Balaban J connectivity index is 2.32. The second kappa shape index (κ2) is 7.02. The second-order valence-electron chi connectivity index (χ2n) is 7.22. The van der Waals surface area contributed by atoms with E-state index in [2.05, 4.69) is 57.0 Å². The van der Waals surface area contributed by atoms with Crippen molar-refractivity contribution < 1.29 is 10.0 Å².